The molecule has 1 aromatic rings. The summed E-state index contributed by atoms with van der Waals surface area (Å²) in [5.74, 6) is 1.72. The van der Waals surface area contributed by atoms with Gasteiger partial charge in [-0.3, -0.25) is 9.79 Å². The maximum absolute atomic E-state index is 12.0. The van der Waals surface area contributed by atoms with Crippen molar-refractivity contribution >= 4 is 11.9 Å². The molecule has 1 aromatic carbocycles. The van der Waals surface area contributed by atoms with Gasteiger partial charge in [0, 0.05) is 25.0 Å². The predicted octanol–water partition coefficient (Wildman–Crippen LogP) is 2.68. The van der Waals surface area contributed by atoms with Crippen LogP contribution in [0.1, 0.15) is 33.3 Å². The van der Waals surface area contributed by atoms with Crippen LogP contribution in [0.3, 0.4) is 0 Å². The Morgan fingerprint density at radius 2 is 1.93 bits per heavy atom. The molecule has 0 aromatic heterocycles. The Balaban J connectivity index is 2.13. The highest BCUT2D eigenvalue weighted by Crippen LogP contribution is 2.27. The SMILES string of the molecule is CCNC(=NCC(C)(C)c1ccc(OC)cc1)N1CC(C)C(C(=O)OC)C1. The Labute approximate surface area is 162 Å². The van der Waals surface area contributed by atoms with Crippen LogP contribution in [0.15, 0.2) is 29.3 Å². The van der Waals surface area contributed by atoms with E-state index in [0.717, 1.165) is 24.8 Å². The third-order valence-electron chi connectivity index (χ3n) is 5.25. The summed E-state index contributed by atoms with van der Waals surface area (Å²) in [6.07, 6.45) is 0. The Kier molecular flexibility index (Phi) is 7.11. The molecule has 0 saturated carbocycles. The van der Waals surface area contributed by atoms with Crippen molar-refractivity contribution in [2.75, 3.05) is 40.4 Å². The number of hydrogen-bond acceptors (Lipinski definition) is 4. The topological polar surface area (TPSA) is 63.2 Å². The van der Waals surface area contributed by atoms with E-state index in [0.29, 0.717) is 13.1 Å². The van der Waals surface area contributed by atoms with Gasteiger partial charge in [-0.2, -0.15) is 0 Å². The van der Waals surface area contributed by atoms with Crippen molar-refractivity contribution in [3.05, 3.63) is 29.8 Å². The molecule has 2 unspecified atom stereocenters. The van der Waals surface area contributed by atoms with E-state index in [1.54, 1.807) is 7.11 Å². The number of carbonyl (C=O) groups is 1. The summed E-state index contributed by atoms with van der Waals surface area (Å²) in [7, 11) is 3.13. The number of hydrogen-bond donors (Lipinski definition) is 1. The van der Waals surface area contributed by atoms with Crippen LogP contribution in [0, 0.1) is 11.8 Å². The molecule has 2 atom stereocenters. The van der Waals surface area contributed by atoms with Crippen LogP contribution in [-0.2, 0) is 14.9 Å². The van der Waals surface area contributed by atoms with Crippen LogP contribution in [0.25, 0.3) is 0 Å². The van der Waals surface area contributed by atoms with Crippen molar-refractivity contribution < 1.29 is 14.3 Å². The van der Waals surface area contributed by atoms with Crippen LogP contribution < -0.4 is 10.1 Å². The number of carbonyl (C=O) groups excluding carboxylic acids is 1. The van der Waals surface area contributed by atoms with Crippen LogP contribution in [0.2, 0.25) is 0 Å². The van der Waals surface area contributed by atoms with Crippen LogP contribution in [0.4, 0.5) is 0 Å². The lowest BCUT2D eigenvalue weighted by Gasteiger charge is -2.26. The lowest BCUT2D eigenvalue weighted by atomic mass is 9.85. The van der Waals surface area contributed by atoms with Gasteiger partial charge < -0.3 is 19.7 Å². The molecule has 1 saturated heterocycles. The van der Waals surface area contributed by atoms with Gasteiger partial charge in [-0.05, 0) is 30.5 Å². The predicted molar refractivity (Wildman–Crippen MR) is 108 cm³/mol. The van der Waals surface area contributed by atoms with Gasteiger partial charge in [0.1, 0.15) is 5.75 Å². The summed E-state index contributed by atoms with van der Waals surface area (Å²) in [6, 6.07) is 8.14. The van der Waals surface area contributed by atoms with Gasteiger partial charge in [0.2, 0.25) is 0 Å². The second kappa shape index (κ2) is 9.11. The minimum absolute atomic E-state index is 0.103. The van der Waals surface area contributed by atoms with Gasteiger partial charge in [-0.1, -0.05) is 32.9 Å². The van der Waals surface area contributed by atoms with E-state index in [9.17, 15) is 4.79 Å². The fourth-order valence-corrected chi connectivity index (χ4v) is 3.43. The van der Waals surface area contributed by atoms with E-state index in [1.165, 1.54) is 12.7 Å². The molecule has 6 heteroatoms. The fourth-order valence-electron chi connectivity index (χ4n) is 3.43. The molecule has 2 rings (SSSR count). The zero-order chi connectivity index (χ0) is 20.0. The number of rotatable bonds is 6. The van der Waals surface area contributed by atoms with Gasteiger partial charge >= 0.3 is 5.97 Å². The van der Waals surface area contributed by atoms with Crippen molar-refractivity contribution in [2.45, 2.75) is 33.1 Å². The standard InChI is InChI=1S/C21H33N3O3/c1-7-22-20(24-12-15(2)18(13-24)19(25)27-6)23-14-21(3,4)16-8-10-17(26-5)11-9-16/h8-11,15,18H,7,12-14H2,1-6H3,(H,22,23). The van der Waals surface area contributed by atoms with Crippen molar-refractivity contribution in [1.82, 2.24) is 10.2 Å². The number of esters is 1. The number of guanidine groups is 1. The number of likely N-dealkylation sites (tertiary alicyclic amines) is 1. The minimum Gasteiger partial charge on any atom is -0.497 e. The highest BCUT2D eigenvalue weighted by Gasteiger charge is 2.37. The van der Waals surface area contributed by atoms with Crippen molar-refractivity contribution in [2.24, 2.45) is 16.8 Å². The zero-order valence-electron chi connectivity index (χ0n) is 17.4. The van der Waals surface area contributed by atoms with Gasteiger partial charge in [-0.15, -0.1) is 0 Å². The van der Waals surface area contributed by atoms with Gasteiger partial charge in [0.05, 0.1) is 26.7 Å². The average molecular weight is 376 g/mol. The van der Waals surface area contributed by atoms with Crippen molar-refractivity contribution in [1.29, 1.82) is 0 Å². The Bertz CT molecular complexity index is 655. The quantitative estimate of drug-likeness (QED) is 0.471. The molecule has 0 bridgehead atoms. The second-order valence-electron chi connectivity index (χ2n) is 7.79. The summed E-state index contributed by atoms with van der Waals surface area (Å²) in [4.78, 5) is 19.0. The van der Waals surface area contributed by atoms with Crippen LogP contribution in [-0.4, -0.2) is 57.2 Å². The summed E-state index contributed by atoms with van der Waals surface area (Å²) < 4.78 is 10.2. The fraction of sp³-hybridized carbons (Fsp3) is 0.619. The van der Waals surface area contributed by atoms with E-state index in [-0.39, 0.29) is 23.2 Å². The largest absolute Gasteiger partial charge is 0.497 e. The van der Waals surface area contributed by atoms with E-state index in [2.05, 4.69) is 50.0 Å². The van der Waals surface area contributed by atoms with Crippen molar-refractivity contribution in [3.63, 3.8) is 0 Å². The van der Waals surface area contributed by atoms with Crippen LogP contribution >= 0.6 is 0 Å². The average Bonchev–Trinajstić information content (AvgIpc) is 3.06. The molecule has 0 amide bonds. The molecule has 6 nitrogen and oxygen atoms in total. The van der Waals surface area contributed by atoms with Gasteiger partial charge in [0.15, 0.2) is 5.96 Å². The molecule has 0 aliphatic carbocycles. The number of ether oxygens (including phenoxy) is 2. The molecule has 150 valence electrons. The molecular formula is C21H33N3O3. The highest BCUT2D eigenvalue weighted by molar-refractivity contribution is 5.82. The second-order valence-corrected chi connectivity index (χ2v) is 7.79. The highest BCUT2D eigenvalue weighted by atomic mass is 16.5. The maximum atomic E-state index is 12.0. The molecule has 1 fully saturated rings. The first-order valence-corrected chi connectivity index (χ1v) is 9.58. The van der Waals surface area contributed by atoms with Crippen molar-refractivity contribution in [3.8, 4) is 5.75 Å². The normalized spacial score (nSPS) is 20.5. The van der Waals surface area contributed by atoms with E-state index < -0.39 is 0 Å². The van der Waals surface area contributed by atoms with Crippen LogP contribution in [0.5, 0.6) is 5.75 Å². The minimum atomic E-state index is -0.139. The number of nitrogens with one attached hydrogen (secondary N) is 1. The number of nitrogens with zero attached hydrogens (tertiary/aromatic N) is 2. The zero-order valence-corrected chi connectivity index (χ0v) is 17.4. The Morgan fingerprint density at radius 1 is 1.26 bits per heavy atom. The molecule has 0 radical (unpaired) electrons. The van der Waals surface area contributed by atoms with E-state index in [1.807, 2.05) is 12.1 Å². The van der Waals surface area contributed by atoms with E-state index >= 15 is 0 Å². The molecule has 27 heavy (non-hydrogen) atoms. The molecule has 1 heterocycles. The first-order valence-electron chi connectivity index (χ1n) is 9.58. The number of benzene rings is 1. The lowest BCUT2D eigenvalue weighted by Crippen LogP contribution is -2.41. The molecule has 0 spiro atoms. The van der Waals surface area contributed by atoms with Gasteiger partial charge in [0.25, 0.3) is 0 Å². The first-order chi connectivity index (χ1) is 12.8. The summed E-state index contributed by atoms with van der Waals surface area (Å²) in [5, 5.41) is 3.37. The summed E-state index contributed by atoms with van der Waals surface area (Å²) >= 11 is 0. The Morgan fingerprint density at radius 3 is 2.48 bits per heavy atom. The van der Waals surface area contributed by atoms with E-state index in [4.69, 9.17) is 14.5 Å². The lowest BCUT2D eigenvalue weighted by molar-refractivity contribution is -0.145. The maximum Gasteiger partial charge on any atom is 0.310 e. The first kappa shape index (κ1) is 21.1. The number of aliphatic imine (C=N–C) groups is 1. The summed E-state index contributed by atoms with van der Waals surface area (Å²) in [5.41, 5.74) is 1.10. The Hall–Kier alpha value is -2.24. The summed E-state index contributed by atoms with van der Waals surface area (Å²) in [6.45, 7) is 11.4. The third-order valence-corrected chi connectivity index (χ3v) is 5.25. The molecule has 1 aliphatic heterocycles. The number of methoxy groups -OCH3 is 2. The van der Waals surface area contributed by atoms with Gasteiger partial charge in [-0.25, -0.2) is 0 Å². The molecule has 1 N–H and O–H groups in total. The molecule has 1 aliphatic rings. The molecular weight excluding hydrogens is 342 g/mol. The smallest absolute Gasteiger partial charge is 0.310 e. The monoisotopic (exact) mass is 375 g/mol. The third kappa shape index (κ3) is 5.15.